The lowest BCUT2D eigenvalue weighted by Crippen LogP contribution is -2.03. The lowest BCUT2D eigenvalue weighted by molar-refractivity contribution is 0.0697. The molecule has 0 radical (unpaired) electrons. The Morgan fingerprint density at radius 3 is 2.26 bits per heavy atom. The second kappa shape index (κ2) is 5.28. The number of aromatic hydroxyl groups is 1. The van der Waals surface area contributed by atoms with Gasteiger partial charge in [0.15, 0.2) is 5.76 Å². The zero-order valence-electron chi connectivity index (χ0n) is 12.6. The summed E-state index contributed by atoms with van der Waals surface area (Å²) in [6.07, 6.45) is 0. The molecule has 0 amide bonds. The highest BCUT2D eigenvalue weighted by Crippen LogP contribution is 2.31. The second-order valence-electron chi connectivity index (χ2n) is 5.42. The predicted octanol–water partition coefficient (Wildman–Crippen LogP) is 3.48. The number of aryl methyl sites for hydroxylation is 2. The molecular formula is C18H14O5. The summed E-state index contributed by atoms with van der Waals surface area (Å²) in [4.78, 5) is 23.2. The van der Waals surface area contributed by atoms with Crippen molar-refractivity contribution in [3.05, 3.63) is 63.3 Å². The van der Waals surface area contributed by atoms with Crippen molar-refractivity contribution in [2.24, 2.45) is 0 Å². The number of benzene rings is 2. The average Bonchev–Trinajstić information content (AvgIpc) is 2.53. The van der Waals surface area contributed by atoms with Crippen LogP contribution >= 0.6 is 0 Å². The SMILES string of the molecule is Cc1cc2oc(-c3ccc(C(=O)O)cc3)c(O)c(=O)c2cc1C. The highest BCUT2D eigenvalue weighted by atomic mass is 16.4. The number of fused-ring (bicyclic) bond motifs is 1. The number of carboxylic acids is 1. The number of rotatable bonds is 2. The molecule has 0 bridgehead atoms. The number of hydrogen-bond acceptors (Lipinski definition) is 4. The first kappa shape index (κ1) is 14.8. The molecule has 5 heteroatoms. The monoisotopic (exact) mass is 310 g/mol. The van der Waals surface area contributed by atoms with E-state index in [2.05, 4.69) is 0 Å². The van der Waals surface area contributed by atoms with Crippen LogP contribution in [0, 0.1) is 13.8 Å². The minimum Gasteiger partial charge on any atom is -0.502 e. The normalized spacial score (nSPS) is 10.9. The molecular weight excluding hydrogens is 296 g/mol. The fourth-order valence-electron chi connectivity index (χ4n) is 2.40. The quantitative estimate of drug-likeness (QED) is 0.756. The molecule has 23 heavy (non-hydrogen) atoms. The van der Waals surface area contributed by atoms with E-state index in [0.717, 1.165) is 11.1 Å². The molecule has 0 atom stereocenters. The van der Waals surface area contributed by atoms with Gasteiger partial charge in [0.25, 0.3) is 0 Å². The number of carboxylic acid groups (broad SMARTS) is 1. The molecule has 0 spiro atoms. The molecule has 3 aromatic rings. The Hall–Kier alpha value is -3.08. The van der Waals surface area contributed by atoms with Crippen LogP contribution in [0.15, 0.2) is 45.6 Å². The summed E-state index contributed by atoms with van der Waals surface area (Å²) in [5.74, 6) is -1.50. The summed E-state index contributed by atoms with van der Waals surface area (Å²) in [5.41, 5.74) is 2.33. The molecule has 1 heterocycles. The molecule has 116 valence electrons. The van der Waals surface area contributed by atoms with Crippen LogP contribution in [0.5, 0.6) is 5.75 Å². The van der Waals surface area contributed by atoms with Gasteiger partial charge in [0, 0.05) is 5.56 Å². The Bertz CT molecular complexity index is 981. The van der Waals surface area contributed by atoms with Crippen LogP contribution in [-0.2, 0) is 0 Å². The first-order valence-corrected chi connectivity index (χ1v) is 6.99. The summed E-state index contributed by atoms with van der Waals surface area (Å²) in [6, 6.07) is 9.21. The third-order valence-corrected chi connectivity index (χ3v) is 3.88. The van der Waals surface area contributed by atoms with E-state index in [9.17, 15) is 14.7 Å². The zero-order chi connectivity index (χ0) is 16.7. The lowest BCUT2D eigenvalue weighted by Gasteiger charge is -2.08. The molecule has 2 aromatic carbocycles. The van der Waals surface area contributed by atoms with Crippen LogP contribution in [-0.4, -0.2) is 16.2 Å². The zero-order valence-corrected chi connectivity index (χ0v) is 12.6. The summed E-state index contributed by atoms with van der Waals surface area (Å²) < 4.78 is 5.70. The fourth-order valence-corrected chi connectivity index (χ4v) is 2.40. The fraction of sp³-hybridized carbons (Fsp3) is 0.111. The first-order chi connectivity index (χ1) is 10.9. The van der Waals surface area contributed by atoms with E-state index in [1.165, 1.54) is 24.3 Å². The van der Waals surface area contributed by atoms with Crippen molar-refractivity contribution >= 4 is 16.9 Å². The summed E-state index contributed by atoms with van der Waals surface area (Å²) in [5, 5.41) is 19.4. The van der Waals surface area contributed by atoms with Gasteiger partial charge in [-0.1, -0.05) is 12.1 Å². The molecule has 5 nitrogen and oxygen atoms in total. The molecule has 0 saturated heterocycles. The molecule has 0 saturated carbocycles. The Morgan fingerprint density at radius 1 is 1.04 bits per heavy atom. The molecule has 2 N–H and O–H groups in total. The third-order valence-electron chi connectivity index (χ3n) is 3.88. The van der Waals surface area contributed by atoms with Gasteiger partial charge in [-0.2, -0.15) is 0 Å². The van der Waals surface area contributed by atoms with Crippen molar-refractivity contribution in [3.8, 4) is 17.1 Å². The first-order valence-electron chi connectivity index (χ1n) is 6.99. The highest BCUT2D eigenvalue weighted by Gasteiger charge is 2.16. The molecule has 0 aliphatic rings. The van der Waals surface area contributed by atoms with E-state index < -0.39 is 17.1 Å². The van der Waals surface area contributed by atoms with Crippen LogP contribution in [0.2, 0.25) is 0 Å². The number of hydrogen-bond donors (Lipinski definition) is 2. The lowest BCUT2D eigenvalue weighted by atomic mass is 10.0. The highest BCUT2D eigenvalue weighted by molar-refractivity contribution is 5.88. The van der Waals surface area contributed by atoms with E-state index in [0.29, 0.717) is 16.5 Å². The molecule has 0 aliphatic carbocycles. The van der Waals surface area contributed by atoms with Gasteiger partial charge in [0.1, 0.15) is 5.58 Å². The maximum Gasteiger partial charge on any atom is 0.335 e. The van der Waals surface area contributed by atoms with Gasteiger partial charge in [0.05, 0.1) is 10.9 Å². The molecule has 1 aromatic heterocycles. The van der Waals surface area contributed by atoms with Crippen molar-refractivity contribution in [1.82, 2.24) is 0 Å². The second-order valence-corrected chi connectivity index (χ2v) is 5.42. The van der Waals surface area contributed by atoms with Crippen LogP contribution in [0.3, 0.4) is 0 Å². The Kier molecular flexibility index (Phi) is 3.41. The maximum absolute atomic E-state index is 12.4. The standard InChI is InChI=1S/C18H14O5/c1-9-7-13-14(8-10(9)2)23-17(16(20)15(13)19)11-3-5-12(6-4-11)18(21)22/h3-8,20H,1-2H3,(H,21,22). The van der Waals surface area contributed by atoms with Gasteiger partial charge in [0.2, 0.25) is 11.2 Å². The van der Waals surface area contributed by atoms with Crippen LogP contribution in [0.1, 0.15) is 21.5 Å². The van der Waals surface area contributed by atoms with E-state index in [1.807, 2.05) is 13.8 Å². The van der Waals surface area contributed by atoms with Gasteiger partial charge in [-0.05, 0) is 49.2 Å². The van der Waals surface area contributed by atoms with Gasteiger partial charge >= 0.3 is 5.97 Å². The summed E-state index contributed by atoms with van der Waals surface area (Å²) in [6.45, 7) is 3.78. The molecule has 3 rings (SSSR count). The summed E-state index contributed by atoms with van der Waals surface area (Å²) in [7, 11) is 0. The Labute approximate surface area is 131 Å². The van der Waals surface area contributed by atoms with Gasteiger partial charge in [-0.15, -0.1) is 0 Å². The minimum atomic E-state index is -1.05. The predicted molar refractivity (Wildman–Crippen MR) is 86.0 cm³/mol. The van der Waals surface area contributed by atoms with Crippen molar-refractivity contribution in [3.63, 3.8) is 0 Å². The Morgan fingerprint density at radius 2 is 1.65 bits per heavy atom. The van der Waals surface area contributed by atoms with E-state index >= 15 is 0 Å². The number of carbonyl (C=O) groups is 1. The van der Waals surface area contributed by atoms with Crippen molar-refractivity contribution in [1.29, 1.82) is 0 Å². The van der Waals surface area contributed by atoms with E-state index in [1.54, 1.807) is 12.1 Å². The van der Waals surface area contributed by atoms with Crippen LogP contribution < -0.4 is 5.43 Å². The van der Waals surface area contributed by atoms with Gasteiger partial charge in [-0.25, -0.2) is 4.79 Å². The van der Waals surface area contributed by atoms with Crippen molar-refractivity contribution < 1.29 is 19.4 Å². The largest absolute Gasteiger partial charge is 0.502 e. The van der Waals surface area contributed by atoms with Crippen LogP contribution in [0.25, 0.3) is 22.3 Å². The third kappa shape index (κ3) is 2.46. The molecule has 0 fully saturated rings. The molecule has 0 aliphatic heterocycles. The smallest absolute Gasteiger partial charge is 0.335 e. The Balaban J connectivity index is 2.25. The van der Waals surface area contributed by atoms with E-state index in [-0.39, 0.29) is 11.3 Å². The topological polar surface area (TPSA) is 87.7 Å². The molecule has 0 unspecified atom stereocenters. The van der Waals surface area contributed by atoms with Crippen molar-refractivity contribution in [2.75, 3.05) is 0 Å². The summed E-state index contributed by atoms with van der Waals surface area (Å²) >= 11 is 0. The van der Waals surface area contributed by atoms with Gasteiger partial charge in [-0.3, -0.25) is 4.79 Å². The van der Waals surface area contributed by atoms with Crippen molar-refractivity contribution in [2.45, 2.75) is 13.8 Å². The van der Waals surface area contributed by atoms with E-state index in [4.69, 9.17) is 9.52 Å². The maximum atomic E-state index is 12.4. The van der Waals surface area contributed by atoms with Gasteiger partial charge < -0.3 is 14.6 Å². The average molecular weight is 310 g/mol. The minimum absolute atomic E-state index is 0.0303. The number of aromatic carboxylic acids is 1. The van der Waals surface area contributed by atoms with Crippen LogP contribution in [0.4, 0.5) is 0 Å².